The fourth-order valence-corrected chi connectivity index (χ4v) is 5.03. The van der Waals surface area contributed by atoms with Crippen LogP contribution in [0.4, 0.5) is 10.5 Å². The molecule has 4 rings (SSSR count). The van der Waals surface area contributed by atoms with Crippen LogP contribution in [0, 0.1) is 5.41 Å². The molecule has 1 aliphatic carbocycles. The fourth-order valence-electron chi connectivity index (χ4n) is 4.85. The van der Waals surface area contributed by atoms with E-state index in [4.69, 9.17) is 21.1 Å². The Hall–Kier alpha value is -2.77. The van der Waals surface area contributed by atoms with Crippen molar-refractivity contribution in [2.45, 2.75) is 38.1 Å². The van der Waals surface area contributed by atoms with Crippen LogP contribution < -0.4 is 25.5 Å². The van der Waals surface area contributed by atoms with Gasteiger partial charge in [0, 0.05) is 18.2 Å². The molecule has 1 aliphatic heterocycles. The molecule has 3 N–H and O–H groups in total. The number of anilines is 1. The molecule has 2 atom stereocenters. The van der Waals surface area contributed by atoms with Crippen LogP contribution in [0.5, 0.6) is 11.5 Å². The van der Waals surface area contributed by atoms with Crippen LogP contribution in [0.3, 0.4) is 0 Å². The second-order valence-electron chi connectivity index (χ2n) is 8.41. The molecule has 8 heteroatoms. The van der Waals surface area contributed by atoms with Crippen molar-refractivity contribution >= 4 is 29.0 Å². The Morgan fingerprint density at radius 2 is 2.00 bits per heavy atom. The number of fused-ring (bicyclic) bond motifs is 1. The van der Waals surface area contributed by atoms with E-state index < -0.39 is 6.03 Å². The summed E-state index contributed by atoms with van der Waals surface area (Å²) >= 11 is 6.09. The lowest BCUT2D eigenvalue weighted by molar-refractivity contribution is 0.215. The average molecular weight is 457 g/mol. The summed E-state index contributed by atoms with van der Waals surface area (Å²) in [5.41, 5.74) is 5.60. The Balaban J connectivity index is 1.39. The summed E-state index contributed by atoms with van der Waals surface area (Å²) < 4.78 is 10.9. The molecular formula is C24H29ClN4O3. The van der Waals surface area contributed by atoms with Crippen LogP contribution in [0.15, 0.2) is 47.6 Å². The van der Waals surface area contributed by atoms with E-state index >= 15 is 0 Å². The van der Waals surface area contributed by atoms with E-state index in [0.717, 1.165) is 55.9 Å². The molecule has 32 heavy (non-hydrogen) atoms. The highest BCUT2D eigenvalue weighted by atomic mass is 35.5. The third-order valence-corrected chi connectivity index (χ3v) is 6.88. The van der Waals surface area contributed by atoms with Gasteiger partial charge in [0.05, 0.1) is 24.9 Å². The second-order valence-corrected chi connectivity index (χ2v) is 8.82. The number of nitrogens with one attached hydrogen (secondary N) is 3. The van der Waals surface area contributed by atoms with E-state index in [-0.39, 0.29) is 5.41 Å². The van der Waals surface area contributed by atoms with Gasteiger partial charge >= 0.3 is 6.03 Å². The van der Waals surface area contributed by atoms with Crippen LogP contribution in [0.25, 0.3) is 0 Å². The number of carbonyl (C=O) groups excluding carboxylic acids is 1. The van der Waals surface area contributed by atoms with Gasteiger partial charge in [-0.3, -0.25) is 0 Å². The lowest BCUT2D eigenvalue weighted by Crippen LogP contribution is -2.44. The van der Waals surface area contributed by atoms with Crippen molar-refractivity contribution in [1.82, 2.24) is 10.7 Å². The minimum atomic E-state index is -0.396. The van der Waals surface area contributed by atoms with Gasteiger partial charge < -0.3 is 20.1 Å². The molecule has 0 unspecified atom stereocenters. The Morgan fingerprint density at radius 1 is 1.19 bits per heavy atom. The van der Waals surface area contributed by atoms with Crippen LogP contribution in [-0.4, -0.2) is 38.5 Å². The minimum absolute atomic E-state index is 0.179. The van der Waals surface area contributed by atoms with E-state index in [9.17, 15) is 4.79 Å². The molecule has 1 saturated heterocycles. The Bertz CT molecular complexity index is 1010. The van der Waals surface area contributed by atoms with Gasteiger partial charge in [-0.2, -0.15) is 5.10 Å². The van der Waals surface area contributed by atoms with E-state index in [1.54, 1.807) is 26.4 Å². The van der Waals surface area contributed by atoms with Gasteiger partial charge in [-0.25, -0.2) is 10.2 Å². The number of ether oxygens (including phenoxy) is 2. The van der Waals surface area contributed by atoms with Crippen LogP contribution in [0.2, 0.25) is 5.02 Å². The number of rotatable bonds is 6. The monoisotopic (exact) mass is 456 g/mol. The largest absolute Gasteiger partial charge is 0.493 e. The molecule has 2 aromatic rings. The van der Waals surface area contributed by atoms with Gasteiger partial charge in [-0.15, -0.1) is 0 Å². The number of hydrogen-bond donors (Lipinski definition) is 3. The summed E-state index contributed by atoms with van der Waals surface area (Å²) in [5, 5.41) is 11.3. The summed E-state index contributed by atoms with van der Waals surface area (Å²) in [5.74, 6) is 1.50. The van der Waals surface area contributed by atoms with Crippen molar-refractivity contribution in [3.63, 3.8) is 0 Å². The highest BCUT2D eigenvalue weighted by Gasteiger charge is 2.45. The topological polar surface area (TPSA) is 84.0 Å². The number of para-hydroxylation sites is 1. The van der Waals surface area contributed by atoms with E-state index in [0.29, 0.717) is 16.8 Å². The smallest absolute Gasteiger partial charge is 0.339 e. The first-order valence-electron chi connectivity index (χ1n) is 10.8. The lowest BCUT2D eigenvalue weighted by atomic mass is 9.67. The Morgan fingerprint density at radius 3 is 2.78 bits per heavy atom. The van der Waals surface area contributed by atoms with Gasteiger partial charge in [-0.05, 0) is 67.5 Å². The van der Waals surface area contributed by atoms with Crippen molar-refractivity contribution < 1.29 is 14.3 Å². The normalized spacial score (nSPS) is 23.5. The summed E-state index contributed by atoms with van der Waals surface area (Å²) in [6.45, 7) is 0.992. The van der Waals surface area contributed by atoms with Gasteiger partial charge in [0.2, 0.25) is 0 Å². The van der Waals surface area contributed by atoms with Crippen molar-refractivity contribution in [2.75, 3.05) is 26.1 Å². The molecular weight excluding hydrogens is 428 g/mol. The summed E-state index contributed by atoms with van der Waals surface area (Å²) in [6.07, 6.45) is 4.79. The number of amides is 2. The fraction of sp³-hybridized carbons (Fsp3) is 0.417. The minimum Gasteiger partial charge on any atom is -0.493 e. The SMILES string of the molecule is COc1ccc(C[C@@]23CCN[C@H]2C/C(=N/NC(=O)Nc2ccccc2Cl)CC3)cc1OC. The predicted octanol–water partition coefficient (Wildman–Crippen LogP) is 4.61. The molecule has 7 nitrogen and oxygen atoms in total. The number of hydrogen-bond acceptors (Lipinski definition) is 5. The number of benzene rings is 2. The number of nitrogens with zero attached hydrogens (tertiary/aromatic N) is 1. The number of hydrazone groups is 1. The first kappa shape index (κ1) is 22.4. The maximum absolute atomic E-state index is 12.2. The standard InChI is InChI=1S/C24H29ClN4O3/c1-31-20-8-7-16(13-21(20)32-2)15-24-10-9-17(14-22(24)26-12-11-24)28-29-23(30)27-19-6-4-3-5-18(19)25/h3-8,13,22,26H,9-12,14-15H2,1-2H3,(H2,27,29,30)/b28-17+/t22-,24+/m0/s1. The van der Waals surface area contributed by atoms with E-state index in [1.165, 1.54) is 5.56 Å². The van der Waals surface area contributed by atoms with Crippen LogP contribution >= 0.6 is 11.6 Å². The molecule has 2 amide bonds. The number of carbonyl (C=O) groups is 1. The molecule has 0 bridgehead atoms. The molecule has 170 valence electrons. The summed E-state index contributed by atoms with van der Waals surface area (Å²) in [4.78, 5) is 12.2. The summed E-state index contributed by atoms with van der Waals surface area (Å²) in [7, 11) is 3.32. The zero-order chi connectivity index (χ0) is 22.6. The quantitative estimate of drug-likeness (QED) is 0.554. The Labute approximate surface area is 193 Å². The molecule has 1 saturated carbocycles. The van der Waals surface area contributed by atoms with Gasteiger partial charge in [-0.1, -0.05) is 29.8 Å². The molecule has 0 aromatic heterocycles. The summed E-state index contributed by atoms with van der Waals surface area (Å²) in [6, 6.07) is 13.2. The van der Waals surface area contributed by atoms with Crippen LogP contribution in [-0.2, 0) is 6.42 Å². The van der Waals surface area contributed by atoms with E-state index in [2.05, 4.69) is 33.3 Å². The zero-order valence-electron chi connectivity index (χ0n) is 18.4. The van der Waals surface area contributed by atoms with E-state index in [1.807, 2.05) is 18.2 Å². The van der Waals surface area contributed by atoms with Crippen molar-refractivity contribution in [3.05, 3.63) is 53.1 Å². The van der Waals surface area contributed by atoms with Crippen molar-refractivity contribution in [3.8, 4) is 11.5 Å². The molecule has 1 heterocycles. The number of methoxy groups -OCH3 is 2. The third-order valence-electron chi connectivity index (χ3n) is 6.55. The molecule has 2 fully saturated rings. The average Bonchev–Trinajstić information content (AvgIpc) is 3.21. The van der Waals surface area contributed by atoms with Gasteiger partial charge in [0.1, 0.15) is 0 Å². The predicted molar refractivity (Wildman–Crippen MR) is 127 cm³/mol. The van der Waals surface area contributed by atoms with Crippen molar-refractivity contribution in [2.24, 2.45) is 10.5 Å². The maximum atomic E-state index is 12.2. The van der Waals surface area contributed by atoms with Crippen LogP contribution in [0.1, 0.15) is 31.2 Å². The first-order valence-corrected chi connectivity index (χ1v) is 11.2. The first-order chi connectivity index (χ1) is 15.5. The lowest BCUT2D eigenvalue weighted by Gasteiger charge is -2.40. The second kappa shape index (κ2) is 9.79. The maximum Gasteiger partial charge on any atom is 0.339 e. The Kier molecular flexibility index (Phi) is 6.86. The third kappa shape index (κ3) is 4.84. The number of urea groups is 1. The molecule has 0 radical (unpaired) electrons. The highest BCUT2D eigenvalue weighted by molar-refractivity contribution is 6.33. The molecule has 2 aromatic carbocycles. The number of halogens is 1. The highest BCUT2D eigenvalue weighted by Crippen LogP contribution is 2.45. The van der Waals surface area contributed by atoms with Crippen molar-refractivity contribution in [1.29, 1.82) is 0 Å². The van der Waals surface area contributed by atoms with Gasteiger partial charge in [0.25, 0.3) is 0 Å². The molecule has 0 spiro atoms. The molecule has 2 aliphatic rings. The van der Waals surface area contributed by atoms with Gasteiger partial charge in [0.15, 0.2) is 11.5 Å². The zero-order valence-corrected chi connectivity index (χ0v) is 19.2.